The van der Waals surface area contributed by atoms with Crippen LogP contribution in [0, 0.1) is 0 Å². The van der Waals surface area contributed by atoms with E-state index >= 15 is 0 Å². The quantitative estimate of drug-likeness (QED) is 0.271. The Morgan fingerprint density at radius 1 is 1.00 bits per heavy atom. The molecule has 1 heterocycles. The zero-order valence-corrected chi connectivity index (χ0v) is 18.2. The van der Waals surface area contributed by atoms with Crippen LogP contribution in [-0.2, 0) is 6.54 Å². The maximum atomic E-state index is 13.3. The SMILES string of the molecule is C=CCOc1ccc2c(c1)c(O)c(Oc1ccccc1)c(=O)n2CCCCCCCC. The van der Waals surface area contributed by atoms with Crippen LogP contribution in [-0.4, -0.2) is 16.3 Å². The first-order valence-electron chi connectivity index (χ1n) is 11.0. The summed E-state index contributed by atoms with van der Waals surface area (Å²) >= 11 is 0. The topological polar surface area (TPSA) is 60.7 Å². The van der Waals surface area contributed by atoms with Crippen molar-refractivity contribution in [1.82, 2.24) is 4.57 Å². The van der Waals surface area contributed by atoms with Crippen LogP contribution in [0.4, 0.5) is 0 Å². The van der Waals surface area contributed by atoms with Gasteiger partial charge in [0.2, 0.25) is 5.75 Å². The van der Waals surface area contributed by atoms with Crippen LogP contribution in [0.15, 0.2) is 66.0 Å². The Labute approximate surface area is 183 Å². The van der Waals surface area contributed by atoms with Crippen LogP contribution >= 0.6 is 0 Å². The van der Waals surface area contributed by atoms with Crippen molar-refractivity contribution in [3.05, 3.63) is 71.5 Å². The van der Waals surface area contributed by atoms with Gasteiger partial charge in [0.15, 0.2) is 5.75 Å². The van der Waals surface area contributed by atoms with Crippen molar-refractivity contribution in [2.24, 2.45) is 0 Å². The Bertz CT molecular complexity index is 1060. The van der Waals surface area contributed by atoms with E-state index in [1.54, 1.807) is 34.9 Å². The van der Waals surface area contributed by atoms with E-state index in [4.69, 9.17) is 9.47 Å². The Balaban J connectivity index is 1.98. The number of nitrogens with zero attached hydrogens (tertiary/aromatic N) is 1. The molecule has 3 rings (SSSR count). The number of aromatic hydroxyl groups is 1. The van der Waals surface area contributed by atoms with E-state index in [0.29, 0.717) is 35.6 Å². The van der Waals surface area contributed by atoms with E-state index in [0.717, 1.165) is 19.3 Å². The van der Waals surface area contributed by atoms with Crippen LogP contribution in [0.1, 0.15) is 45.4 Å². The monoisotopic (exact) mass is 421 g/mol. The average molecular weight is 422 g/mol. The van der Waals surface area contributed by atoms with E-state index in [1.807, 2.05) is 24.3 Å². The lowest BCUT2D eigenvalue weighted by Crippen LogP contribution is -2.22. The molecule has 0 amide bonds. The summed E-state index contributed by atoms with van der Waals surface area (Å²) in [6.07, 6.45) is 8.43. The molecule has 164 valence electrons. The van der Waals surface area contributed by atoms with Crippen molar-refractivity contribution in [2.75, 3.05) is 6.61 Å². The third-order valence-electron chi connectivity index (χ3n) is 5.23. The highest BCUT2D eigenvalue weighted by molar-refractivity contribution is 5.89. The Hall–Kier alpha value is -3.21. The van der Waals surface area contributed by atoms with E-state index in [2.05, 4.69) is 13.5 Å². The van der Waals surface area contributed by atoms with Gasteiger partial charge in [-0.05, 0) is 36.8 Å². The number of unbranched alkanes of at least 4 members (excludes halogenated alkanes) is 5. The summed E-state index contributed by atoms with van der Waals surface area (Å²) in [6.45, 7) is 6.79. The number of ether oxygens (including phenoxy) is 2. The maximum Gasteiger partial charge on any atom is 0.297 e. The van der Waals surface area contributed by atoms with Gasteiger partial charge in [0.25, 0.3) is 5.56 Å². The minimum absolute atomic E-state index is 0.0643. The van der Waals surface area contributed by atoms with Crippen molar-refractivity contribution in [1.29, 1.82) is 0 Å². The zero-order chi connectivity index (χ0) is 22.1. The Morgan fingerprint density at radius 3 is 2.48 bits per heavy atom. The maximum absolute atomic E-state index is 13.3. The molecule has 0 aliphatic carbocycles. The molecule has 31 heavy (non-hydrogen) atoms. The van der Waals surface area contributed by atoms with Crippen LogP contribution < -0.4 is 15.0 Å². The van der Waals surface area contributed by atoms with Gasteiger partial charge in [0, 0.05) is 11.9 Å². The molecule has 0 spiro atoms. The van der Waals surface area contributed by atoms with Gasteiger partial charge >= 0.3 is 0 Å². The highest BCUT2D eigenvalue weighted by Crippen LogP contribution is 2.36. The summed E-state index contributed by atoms with van der Waals surface area (Å²) in [5.74, 6) is 0.857. The molecule has 0 atom stereocenters. The average Bonchev–Trinajstić information content (AvgIpc) is 2.80. The first-order chi connectivity index (χ1) is 15.2. The number of rotatable bonds is 12. The van der Waals surface area contributed by atoms with E-state index < -0.39 is 0 Å². The molecule has 1 N–H and O–H groups in total. The number of aryl methyl sites for hydroxylation is 1. The number of hydrogen-bond donors (Lipinski definition) is 1. The lowest BCUT2D eigenvalue weighted by atomic mass is 10.1. The van der Waals surface area contributed by atoms with Crippen LogP contribution in [0.2, 0.25) is 0 Å². The second kappa shape index (κ2) is 11.3. The summed E-state index contributed by atoms with van der Waals surface area (Å²) in [5.41, 5.74) is 0.338. The predicted octanol–water partition coefficient (Wildman–Crippen LogP) is 6.42. The second-order valence-electron chi connectivity index (χ2n) is 7.60. The lowest BCUT2D eigenvalue weighted by molar-refractivity contribution is 0.363. The molecule has 3 aromatic rings. The van der Waals surface area contributed by atoms with Gasteiger partial charge in [-0.25, -0.2) is 0 Å². The highest BCUT2D eigenvalue weighted by atomic mass is 16.5. The van der Waals surface area contributed by atoms with Gasteiger partial charge in [-0.3, -0.25) is 4.79 Å². The van der Waals surface area contributed by atoms with Crippen molar-refractivity contribution < 1.29 is 14.6 Å². The number of fused-ring (bicyclic) bond motifs is 1. The summed E-state index contributed by atoms with van der Waals surface area (Å²) in [6, 6.07) is 14.4. The smallest absolute Gasteiger partial charge is 0.297 e. The molecule has 0 aliphatic heterocycles. The van der Waals surface area contributed by atoms with Gasteiger partial charge in [-0.1, -0.05) is 69.9 Å². The largest absolute Gasteiger partial charge is 0.504 e. The molecular formula is C26H31NO4. The Morgan fingerprint density at radius 2 is 1.74 bits per heavy atom. The molecule has 1 aromatic heterocycles. The molecule has 0 radical (unpaired) electrons. The van der Waals surface area contributed by atoms with E-state index in [1.165, 1.54) is 19.3 Å². The van der Waals surface area contributed by atoms with Crippen LogP contribution in [0.5, 0.6) is 23.0 Å². The number of para-hydroxylation sites is 1. The minimum atomic E-state index is -0.331. The van der Waals surface area contributed by atoms with Crippen molar-refractivity contribution >= 4 is 10.9 Å². The minimum Gasteiger partial charge on any atom is -0.504 e. The number of hydrogen-bond acceptors (Lipinski definition) is 4. The first kappa shape index (κ1) is 22.5. The molecule has 0 unspecified atom stereocenters. The molecule has 0 bridgehead atoms. The fourth-order valence-electron chi connectivity index (χ4n) is 3.61. The molecule has 5 nitrogen and oxygen atoms in total. The van der Waals surface area contributed by atoms with Crippen molar-refractivity contribution in [3.8, 4) is 23.0 Å². The van der Waals surface area contributed by atoms with E-state index in [9.17, 15) is 9.90 Å². The summed E-state index contributed by atoms with van der Waals surface area (Å²) in [7, 11) is 0. The molecule has 0 aliphatic rings. The molecule has 0 saturated heterocycles. The van der Waals surface area contributed by atoms with Gasteiger partial charge in [-0.2, -0.15) is 0 Å². The standard InChI is InChI=1S/C26H31NO4/c1-3-5-6-7-8-12-17-27-23-16-15-21(30-18-4-2)19-22(23)24(28)25(26(27)29)31-20-13-10-9-11-14-20/h4,9-11,13-16,19,28H,2-3,5-8,12,17-18H2,1H3. The van der Waals surface area contributed by atoms with Gasteiger partial charge in [-0.15, -0.1) is 0 Å². The summed E-state index contributed by atoms with van der Waals surface area (Å²) in [4.78, 5) is 13.3. The fourth-order valence-corrected chi connectivity index (χ4v) is 3.61. The molecule has 5 heteroatoms. The third kappa shape index (κ3) is 5.69. The fraction of sp³-hybridized carbons (Fsp3) is 0.346. The van der Waals surface area contributed by atoms with Gasteiger partial charge in [0.1, 0.15) is 18.1 Å². The summed E-state index contributed by atoms with van der Waals surface area (Å²) < 4.78 is 13.2. The molecule has 2 aromatic carbocycles. The number of pyridine rings is 1. The second-order valence-corrected chi connectivity index (χ2v) is 7.60. The molecule has 0 saturated carbocycles. The number of benzene rings is 2. The van der Waals surface area contributed by atoms with Gasteiger partial charge < -0.3 is 19.1 Å². The van der Waals surface area contributed by atoms with E-state index in [-0.39, 0.29) is 17.1 Å². The normalized spacial score (nSPS) is 10.9. The van der Waals surface area contributed by atoms with Crippen LogP contribution in [0.3, 0.4) is 0 Å². The summed E-state index contributed by atoms with van der Waals surface area (Å²) in [5, 5.41) is 11.4. The predicted molar refractivity (Wildman–Crippen MR) is 125 cm³/mol. The number of aromatic nitrogens is 1. The molecule has 0 fully saturated rings. The Kier molecular flexibility index (Phi) is 8.16. The third-order valence-corrected chi connectivity index (χ3v) is 5.23. The highest BCUT2D eigenvalue weighted by Gasteiger charge is 2.19. The first-order valence-corrected chi connectivity index (χ1v) is 11.0. The molecular weight excluding hydrogens is 390 g/mol. The van der Waals surface area contributed by atoms with Crippen molar-refractivity contribution in [3.63, 3.8) is 0 Å². The van der Waals surface area contributed by atoms with Crippen molar-refractivity contribution in [2.45, 2.75) is 52.0 Å². The van der Waals surface area contributed by atoms with Crippen LogP contribution in [0.25, 0.3) is 10.9 Å². The zero-order valence-electron chi connectivity index (χ0n) is 18.2. The van der Waals surface area contributed by atoms with Gasteiger partial charge in [0.05, 0.1) is 5.52 Å². The lowest BCUT2D eigenvalue weighted by Gasteiger charge is -2.16.